The number of carbonyl (C=O) groups is 1. The Labute approximate surface area is 154 Å². The molecule has 3 rings (SSSR count). The molecule has 1 aromatic carbocycles. The molecule has 0 aliphatic carbocycles. The highest BCUT2D eigenvalue weighted by molar-refractivity contribution is 5.74. The minimum absolute atomic E-state index is 0.00359. The molecule has 1 aliphatic rings. The van der Waals surface area contributed by atoms with Crippen LogP contribution in [-0.2, 0) is 6.42 Å². The number of aryl methyl sites for hydroxylation is 1. The fourth-order valence-corrected chi connectivity index (χ4v) is 3.10. The number of aromatic nitrogens is 1. The van der Waals surface area contributed by atoms with Gasteiger partial charge in [0.2, 0.25) is 0 Å². The molecule has 1 unspecified atom stereocenters. The molecular formula is C20H26N4O2. The molecule has 2 aromatic rings. The van der Waals surface area contributed by atoms with Crippen LogP contribution in [0.3, 0.4) is 0 Å². The second-order valence-corrected chi connectivity index (χ2v) is 6.72. The number of rotatable bonds is 5. The molecule has 6 heteroatoms. The third-order valence-electron chi connectivity index (χ3n) is 4.71. The molecule has 0 radical (unpaired) electrons. The first-order chi connectivity index (χ1) is 12.6. The van der Waals surface area contributed by atoms with E-state index in [0.29, 0.717) is 13.1 Å². The average molecular weight is 354 g/mol. The Bertz CT molecular complexity index is 698. The van der Waals surface area contributed by atoms with Crippen molar-refractivity contribution < 1.29 is 9.90 Å². The fourth-order valence-electron chi connectivity index (χ4n) is 3.10. The SMILES string of the molecule is CC(CCc1ccc(O)cc1)NC(=O)N1CCN(c2ccccn2)CC1. The zero-order valence-corrected chi connectivity index (χ0v) is 15.1. The van der Waals surface area contributed by atoms with Crippen LogP contribution in [0, 0.1) is 0 Å². The van der Waals surface area contributed by atoms with E-state index in [2.05, 4.69) is 15.2 Å². The predicted molar refractivity (Wildman–Crippen MR) is 102 cm³/mol. The number of nitrogens with one attached hydrogen (secondary N) is 1. The van der Waals surface area contributed by atoms with Gasteiger partial charge in [0.25, 0.3) is 0 Å². The highest BCUT2D eigenvalue weighted by Gasteiger charge is 2.22. The van der Waals surface area contributed by atoms with Crippen molar-refractivity contribution in [1.29, 1.82) is 0 Å². The van der Waals surface area contributed by atoms with Crippen LogP contribution in [0.5, 0.6) is 5.75 Å². The molecule has 0 saturated carbocycles. The van der Waals surface area contributed by atoms with E-state index in [4.69, 9.17) is 0 Å². The van der Waals surface area contributed by atoms with Crippen LogP contribution >= 0.6 is 0 Å². The standard InChI is InChI=1S/C20H26N4O2/c1-16(5-6-17-7-9-18(25)10-8-17)22-20(26)24-14-12-23(13-15-24)19-4-2-3-11-21-19/h2-4,7-11,16,25H,5-6,12-15H2,1H3,(H,22,26). The number of anilines is 1. The lowest BCUT2D eigenvalue weighted by atomic mass is 10.1. The van der Waals surface area contributed by atoms with E-state index in [1.54, 1.807) is 18.3 Å². The number of hydrogen-bond acceptors (Lipinski definition) is 4. The van der Waals surface area contributed by atoms with Crippen LogP contribution in [0.2, 0.25) is 0 Å². The number of piperazine rings is 1. The van der Waals surface area contributed by atoms with Crippen LogP contribution in [0.25, 0.3) is 0 Å². The first kappa shape index (κ1) is 18.0. The normalized spacial score (nSPS) is 15.6. The van der Waals surface area contributed by atoms with Crippen LogP contribution in [-0.4, -0.2) is 53.2 Å². The number of phenolic OH excluding ortho intramolecular Hbond substituents is 1. The number of pyridine rings is 1. The van der Waals surface area contributed by atoms with Crippen molar-refractivity contribution >= 4 is 11.8 Å². The highest BCUT2D eigenvalue weighted by Crippen LogP contribution is 2.14. The number of urea groups is 1. The first-order valence-corrected chi connectivity index (χ1v) is 9.11. The Balaban J connectivity index is 1.41. The molecule has 6 nitrogen and oxygen atoms in total. The van der Waals surface area contributed by atoms with E-state index in [0.717, 1.165) is 37.3 Å². The predicted octanol–water partition coefficient (Wildman–Crippen LogP) is 2.64. The topological polar surface area (TPSA) is 68.7 Å². The quantitative estimate of drug-likeness (QED) is 0.866. The maximum Gasteiger partial charge on any atom is 0.317 e. The molecule has 138 valence electrons. The van der Waals surface area contributed by atoms with Crippen molar-refractivity contribution in [2.24, 2.45) is 0 Å². The maximum absolute atomic E-state index is 12.5. The average Bonchev–Trinajstić information content (AvgIpc) is 2.68. The molecule has 1 atom stereocenters. The lowest BCUT2D eigenvalue weighted by Crippen LogP contribution is -2.53. The molecular weight excluding hydrogens is 328 g/mol. The Morgan fingerprint density at radius 3 is 2.54 bits per heavy atom. The highest BCUT2D eigenvalue weighted by atomic mass is 16.3. The van der Waals surface area contributed by atoms with Crippen molar-refractivity contribution in [2.45, 2.75) is 25.8 Å². The van der Waals surface area contributed by atoms with Gasteiger partial charge in [0.05, 0.1) is 0 Å². The van der Waals surface area contributed by atoms with Gasteiger partial charge in [-0.15, -0.1) is 0 Å². The van der Waals surface area contributed by atoms with Crippen LogP contribution in [0.1, 0.15) is 18.9 Å². The zero-order chi connectivity index (χ0) is 18.4. The Morgan fingerprint density at radius 2 is 1.88 bits per heavy atom. The van der Waals surface area contributed by atoms with E-state index in [9.17, 15) is 9.90 Å². The van der Waals surface area contributed by atoms with E-state index in [-0.39, 0.29) is 17.8 Å². The minimum Gasteiger partial charge on any atom is -0.508 e. The van der Waals surface area contributed by atoms with Gasteiger partial charge in [0.15, 0.2) is 0 Å². The van der Waals surface area contributed by atoms with Crippen molar-refractivity contribution in [3.8, 4) is 5.75 Å². The summed E-state index contributed by atoms with van der Waals surface area (Å²) < 4.78 is 0. The summed E-state index contributed by atoms with van der Waals surface area (Å²) in [6, 6.07) is 13.2. The van der Waals surface area contributed by atoms with Gasteiger partial charge in [0.1, 0.15) is 11.6 Å². The third-order valence-corrected chi connectivity index (χ3v) is 4.71. The molecule has 26 heavy (non-hydrogen) atoms. The molecule has 1 aromatic heterocycles. The van der Waals surface area contributed by atoms with Crippen molar-refractivity contribution in [1.82, 2.24) is 15.2 Å². The van der Waals surface area contributed by atoms with Crippen LogP contribution in [0.15, 0.2) is 48.7 Å². The summed E-state index contributed by atoms with van der Waals surface area (Å²) in [5, 5.41) is 12.4. The summed E-state index contributed by atoms with van der Waals surface area (Å²) in [7, 11) is 0. The summed E-state index contributed by atoms with van der Waals surface area (Å²) in [6.45, 7) is 5.03. The first-order valence-electron chi connectivity index (χ1n) is 9.11. The molecule has 2 N–H and O–H groups in total. The van der Waals surface area contributed by atoms with Gasteiger partial charge in [-0.2, -0.15) is 0 Å². The Kier molecular flexibility index (Phi) is 5.94. The Hall–Kier alpha value is -2.76. The van der Waals surface area contributed by atoms with Gasteiger partial charge in [-0.3, -0.25) is 0 Å². The van der Waals surface area contributed by atoms with Gasteiger partial charge in [-0.05, 0) is 49.6 Å². The van der Waals surface area contributed by atoms with Crippen LogP contribution < -0.4 is 10.2 Å². The van der Waals surface area contributed by atoms with E-state index in [1.165, 1.54) is 0 Å². The number of amides is 2. The summed E-state index contributed by atoms with van der Waals surface area (Å²) in [5.41, 5.74) is 1.16. The number of benzene rings is 1. The monoisotopic (exact) mass is 354 g/mol. The fraction of sp³-hybridized carbons (Fsp3) is 0.400. The van der Waals surface area contributed by atoms with Gasteiger partial charge < -0.3 is 20.2 Å². The molecule has 1 fully saturated rings. The third kappa shape index (κ3) is 4.88. The molecule has 1 saturated heterocycles. The van der Waals surface area contributed by atoms with Gasteiger partial charge >= 0.3 is 6.03 Å². The van der Waals surface area contributed by atoms with Crippen molar-refractivity contribution in [3.05, 3.63) is 54.2 Å². The van der Waals surface area contributed by atoms with Gasteiger partial charge in [-0.25, -0.2) is 9.78 Å². The minimum atomic E-state index is 0.00359. The second-order valence-electron chi connectivity index (χ2n) is 6.72. The summed E-state index contributed by atoms with van der Waals surface area (Å²) >= 11 is 0. The molecule has 1 aliphatic heterocycles. The zero-order valence-electron chi connectivity index (χ0n) is 15.1. The molecule has 2 amide bonds. The number of hydrogen-bond donors (Lipinski definition) is 2. The lowest BCUT2D eigenvalue weighted by molar-refractivity contribution is 0.190. The largest absolute Gasteiger partial charge is 0.508 e. The number of nitrogens with zero attached hydrogens (tertiary/aromatic N) is 3. The van der Waals surface area contributed by atoms with Crippen molar-refractivity contribution in [2.75, 3.05) is 31.1 Å². The molecule has 0 bridgehead atoms. The number of carbonyl (C=O) groups excluding carboxylic acids is 1. The van der Waals surface area contributed by atoms with Gasteiger partial charge in [0, 0.05) is 38.4 Å². The molecule has 0 spiro atoms. The van der Waals surface area contributed by atoms with E-state index >= 15 is 0 Å². The van der Waals surface area contributed by atoms with E-state index < -0.39 is 0 Å². The smallest absolute Gasteiger partial charge is 0.317 e. The second kappa shape index (κ2) is 8.56. The summed E-state index contributed by atoms with van der Waals surface area (Å²) in [4.78, 5) is 20.9. The maximum atomic E-state index is 12.5. The summed E-state index contributed by atoms with van der Waals surface area (Å²) in [5.74, 6) is 1.25. The molecule has 2 heterocycles. The Morgan fingerprint density at radius 1 is 1.15 bits per heavy atom. The van der Waals surface area contributed by atoms with Gasteiger partial charge in [-0.1, -0.05) is 18.2 Å². The number of phenols is 1. The summed E-state index contributed by atoms with van der Waals surface area (Å²) in [6.07, 6.45) is 3.53. The van der Waals surface area contributed by atoms with Crippen LogP contribution in [0.4, 0.5) is 10.6 Å². The lowest BCUT2D eigenvalue weighted by Gasteiger charge is -2.35. The van der Waals surface area contributed by atoms with E-state index in [1.807, 2.05) is 42.2 Å². The van der Waals surface area contributed by atoms with Crippen molar-refractivity contribution in [3.63, 3.8) is 0 Å². The number of aromatic hydroxyl groups is 1.